The number of hydrogen-bond acceptors (Lipinski definition) is 3. The van der Waals surface area contributed by atoms with Crippen molar-refractivity contribution in [1.29, 1.82) is 0 Å². The molecule has 0 aromatic heterocycles. The van der Waals surface area contributed by atoms with Crippen LogP contribution in [0, 0.1) is 6.92 Å². The van der Waals surface area contributed by atoms with Crippen molar-refractivity contribution in [2.75, 3.05) is 20.1 Å². The number of nitrogens with one attached hydrogen (secondary N) is 1. The van der Waals surface area contributed by atoms with E-state index in [1.807, 2.05) is 26.0 Å². The molecule has 1 N–H and O–H groups in total. The molecule has 0 atom stereocenters. The van der Waals surface area contributed by atoms with Gasteiger partial charge in [-0.3, -0.25) is 9.59 Å². The van der Waals surface area contributed by atoms with Crippen LogP contribution in [0.15, 0.2) is 23.1 Å². The van der Waals surface area contributed by atoms with Crippen LogP contribution in [0.4, 0.5) is 0 Å². The van der Waals surface area contributed by atoms with E-state index in [-0.39, 0.29) is 18.4 Å². The van der Waals surface area contributed by atoms with Gasteiger partial charge < -0.3 is 10.2 Å². The minimum atomic E-state index is -0.172. The van der Waals surface area contributed by atoms with Crippen molar-refractivity contribution in [3.05, 3.63) is 29.3 Å². The number of carbonyl (C=O) groups is 2. The minimum Gasteiger partial charge on any atom is -0.355 e. The molecule has 1 aromatic rings. The molecule has 1 aromatic carbocycles. The lowest BCUT2D eigenvalue weighted by Gasteiger charge is -2.18. The van der Waals surface area contributed by atoms with Crippen LogP contribution in [0.1, 0.15) is 22.8 Å². The molecular formula is C13H18N2O2S. The van der Waals surface area contributed by atoms with Gasteiger partial charge in [0.05, 0.1) is 6.54 Å². The maximum Gasteiger partial charge on any atom is 0.254 e. The van der Waals surface area contributed by atoms with Crippen molar-refractivity contribution in [3.8, 4) is 0 Å². The molecule has 0 bridgehead atoms. The third kappa shape index (κ3) is 3.77. The van der Waals surface area contributed by atoms with E-state index in [2.05, 4.69) is 17.9 Å². The van der Waals surface area contributed by atoms with E-state index in [0.29, 0.717) is 12.1 Å². The number of rotatable bonds is 4. The first-order chi connectivity index (χ1) is 8.45. The Balaban J connectivity index is 2.80. The predicted molar refractivity (Wildman–Crippen MR) is 74.1 cm³/mol. The number of carbonyl (C=O) groups excluding carboxylic acids is 2. The molecule has 0 radical (unpaired) electrons. The molecule has 0 aliphatic heterocycles. The van der Waals surface area contributed by atoms with Crippen LogP contribution in [0.25, 0.3) is 0 Å². The van der Waals surface area contributed by atoms with Crippen molar-refractivity contribution in [2.24, 2.45) is 0 Å². The molecule has 0 heterocycles. The fourth-order valence-electron chi connectivity index (χ4n) is 1.59. The zero-order valence-corrected chi connectivity index (χ0v) is 11.8. The van der Waals surface area contributed by atoms with Crippen molar-refractivity contribution in [3.63, 3.8) is 0 Å². The van der Waals surface area contributed by atoms with Crippen molar-refractivity contribution in [1.82, 2.24) is 10.2 Å². The highest BCUT2D eigenvalue weighted by molar-refractivity contribution is 7.80. The molecule has 0 spiro atoms. The van der Waals surface area contributed by atoms with E-state index in [9.17, 15) is 9.59 Å². The Kier molecular flexibility index (Phi) is 5.22. The molecule has 0 unspecified atom stereocenters. The van der Waals surface area contributed by atoms with Crippen molar-refractivity contribution in [2.45, 2.75) is 18.7 Å². The van der Waals surface area contributed by atoms with E-state index >= 15 is 0 Å². The third-order valence-corrected chi connectivity index (χ3v) is 2.83. The van der Waals surface area contributed by atoms with E-state index in [4.69, 9.17) is 0 Å². The van der Waals surface area contributed by atoms with Crippen LogP contribution in [-0.2, 0) is 4.79 Å². The number of likely N-dealkylation sites (N-methyl/N-ethyl adjacent to an activating group) is 2. The highest BCUT2D eigenvalue weighted by Gasteiger charge is 2.16. The second-order valence-electron chi connectivity index (χ2n) is 4.11. The first kappa shape index (κ1) is 14.6. The summed E-state index contributed by atoms with van der Waals surface area (Å²) in [6.07, 6.45) is 0. The highest BCUT2D eigenvalue weighted by atomic mass is 32.1. The molecule has 0 saturated heterocycles. The smallest absolute Gasteiger partial charge is 0.254 e. The summed E-state index contributed by atoms with van der Waals surface area (Å²) in [6.45, 7) is 4.32. The maximum absolute atomic E-state index is 12.2. The van der Waals surface area contributed by atoms with Crippen LogP contribution >= 0.6 is 12.6 Å². The molecule has 98 valence electrons. The summed E-state index contributed by atoms with van der Waals surface area (Å²) in [5.41, 5.74) is 1.45. The first-order valence-electron chi connectivity index (χ1n) is 5.77. The molecule has 0 aliphatic rings. The van der Waals surface area contributed by atoms with Gasteiger partial charge in [-0.05, 0) is 31.5 Å². The Hall–Kier alpha value is -1.49. The van der Waals surface area contributed by atoms with Crippen molar-refractivity contribution < 1.29 is 9.59 Å². The Morgan fingerprint density at radius 2 is 2.06 bits per heavy atom. The number of hydrogen-bond donors (Lipinski definition) is 2. The van der Waals surface area contributed by atoms with Crippen LogP contribution in [0.2, 0.25) is 0 Å². The largest absolute Gasteiger partial charge is 0.355 e. The lowest BCUT2D eigenvalue weighted by Crippen LogP contribution is -2.38. The molecule has 2 amide bonds. The lowest BCUT2D eigenvalue weighted by molar-refractivity contribution is -0.121. The summed E-state index contributed by atoms with van der Waals surface area (Å²) in [5.74, 6) is -0.331. The highest BCUT2D eigenvalue weighted by Crippen LogP contribution is 2.15. The van der Waals surface area contributed by atoms with Crippen LogP contribution in [0.3, 0.4) is 0 Å². The Morgan fingerprint density at radius 3 is 2.67 bits per heavy atom. The van der Waals surface area contributed by atoms with Gasteiger partial charge in [0.1, 0.15) is 0 Å². The molecule has 5 heteroatoms. The van der Waals surface area contributed by atoms with Gasteiger partial charge >= 0.3 is 0 Å². The fraction of sp³-hybridized carbons (Fsp3) is 0.385. The number of aryl methyl sites for hydroxylation is 1. The monoisotopic (exact) mass is 266 g/mol. The quantitative estimate of drug-likeness (QED) is 0.811. The average molecular weight is 266 g/mol. The Labute approximate surface area is 113 Å². The summed E-state index contributed by atoms with van der Waals surface area (Å²) < 4.78 is 0. The third-order valence-electron chi connectivity index (χ3n) is 2.55. The molecule has 0 aliphatic carbocycles. The van der Waals surface area contributed by atoms with Gasteiger partial charge in [0.2, 0.25) is 5.91 Å². The maximum atomic E-state index is 12.2. The zero-order chi connectivity index (χ0) is 13.7. The van der Waals surface area contributed by atoms with Crippen LogP contribution < -0.4 is 5.32 Å². The number of benzene rings is 1. The minimum absolute atomic E-state index is 0.0584. The zero-order valence-electron chi connectivity index (χ0n) is 10.9. The van der Waals surface area contributed by atoms with E-state index in [1.54, 1.807) is 13.1 Å². The summed E-state index contributed by atoms with van der Waals surface area (Å²) in [6, 6.07) is 5.39. The van der Waals surface area contributed by atoms with E-state index in [1.165, 1.54) is 4.90 Å². The SMILES string of the molecule is CCNC(=O)CN(C)C(=O)c1cc(S)ccc1C. The molecule has 18 heavy (non-hydrogen) atoms. The normalized spacial score (nSPS) is 10.0. The van der Waals surface area contributed by atoms with E-state index in [0.717, 1.165) is 10.5 Å². The summed E-state index contributed by atoms with van der Waals surface area (Å²) in [7, 11) is 1.61. The number of thiol groups is 1. The lowest BCUT2D eigenvalue weighted by atomic mass is 10.1. The number of amides is 2. The standard InChI is InChI=1S/C13H18N2O2S/c1-4-14-12(16)8-15(3)13(17)11-7-10(18)6-5-9(11)2/h5-7,18H,4,8H2,1-3H3,(H,14,16). The second kappa shape index (κ2) is 6.44. The molecular weight excluding hydrogens is 248 g/mol. The van der Waals surface area contributed by atoms with Gasteiger partial charge in [-0.1, -0.05) is 6.07 Å². The average Bonchev–Trinajstić information content (AvgIpc) is 2.31. The molecule has 1 rings (SSSR count). The predicted octanol–water partition coefficient (Wildman–Crippen LogP) is 1.49. The number of nitrogens with zero attached hydrogens (tertiary/aromatic N) is 1. The van der Waals surface area contributed by atoms with Crippen LogP contribution in [-0.4, -0.2) is 36.9 Å². The van der Waals surface area contributed by atoms with Gasteiger partial charge in [-0.2, -0.15) is 0 Å². The molecule has 0 saturated carbocycles. The van der Waals surface area contributed by atoms with Gasteiger partial charge in [0.25, 0.3) is 5.91 Å². The topological polar surface area (TPSA) is 49.4 Å². The van der Waals surface area contributed by atoms with Crippen LogP contribution in [0.5, 0.6) is 0 Å². The fourth-order valence-corrected chi connectivity index (χ4v) is 1.79. The van der Waals surface area contributed by atoms with Gasteiger partial charge in [-0.15, -0.1) is 12.6 Å². The van der Waals surface area contributed by atoms with E-state index < -0.39 is 0 Å². The van der Waals surface area contributed by atoms with Gasteiger partial charge in [-0.25, -0.2) is 0 Å². The molecule has 0 fully saturated rings. The Morgan fingerprint density at radius 1 is 1.39 bits per heavy atom. The summed E-state index contributed by atoms with van der Waals surface area (Å²) in [5, 5.41) is 2.66. The summed E-state index contributed by atoms with van der Waals surface area (Å²) >= 11 is 4.22. The van der Waals surface area contributed by atoms with Gasteiger partial charge in [0, 0.05) is 24.1 Å². The first-order valence-corrected chi connectivity index (χ1v) is 6.22. The van der Waals surface area contributed by atoms with Gasteiger partial charge in [0.15, 0.2) is 0 Å². The van der Waals surface area contributed by atoms with Crippen molar-refractivity contribution >= 4 is 24.4 Å². The second-order valence-corrected chi connectivity index (χ2v) is 4.63. The summed E-state index contributed by atoms with van der Waals surface area (Å²) in [4.78, 5) is 25.7. The molecule has 4 nitrogen and oxygen atoms in total. The Bertz CT molecular complexity index is 460.